The molecule has 0 radical (unpaired) electrons. The van der Waals surface area contributed by atoms with Crippen LogP contribution in [0.5, 0.6) is 0 Å². The molecule has 0 heterocycles. The van der Waals surface area contributed by atoms with Crippen LogP contribution in [0.1, 0.15) is 38.8 Å². The van der Waals surface area contributed by atoms with E-state index in [2.05, 4.69) is 26.1 Å². The van der Waals surface area contributed by atoms with Crippen molar-refractivity contribution in [3.05, 3.63) is 33.8 Å². The highest BCUT2D eigenvalue weighted by Crippen LogP contribution is 2.46. The largest absolute Gasteiger partial charge is 0.307 e. The van der Waals surface area contributed by atoms with Gasteiger partial charge in [-0.15, -0.1) is 0 Å². The number of benzene rings is 1. The first-order valence-corrected chi connectivity index (χ1v) is 6.37. The number of nitrogens with one attached hydrogen (secondary N) is 1. The molecule has 1 nitrogen and oxygen atoms in total. The van der Waals surface area contributed by atoms with Crippen LogP contribution in [0.15, 0.2) is 18.2 Å². The second-order valence-electron chi connectivity index (χ2n) is 5.28. The molecule has 1 aliphatic rings. The van der Waals surface area contributed by atoms with Crippen molar-refractivity contribution in [1.82, 2.24) is 5.32 Å². The maximum absolute atomic E-state index is 6.19. The monoisotopic (exact) mass is 257 g/mol. The van der Waals surface area contributed by atoms with E-state index in [9.17, 15) is 0 Å². The Kier molecular flexibility index (Phi) is 3.22. The van der Waals surface area contributed by atoms with Gasteiger partial charge in [-0.1, -0.05) is 49.2 Å². The number of halogens is 2. The molecule has 1 fully saturated rings. The Balaban J connectivity index is 2.09. The Bertz CT molecular complexity index is 401. The minimum absolute atomic E-state index is 0.248. The van der Waals surface area contributed by atoms with Gasteiger partial charge in [0.15, 0.2) is 0 Å². The third-order valence-corrected chi connectivity index (χ3v) is 4.25. The Hall–Kier alpha value is -0.240. The molecule has 88 valence electrons. The van der Waals surface area contributed by atoms with Crippen molar-refractivity contribution >= 4 is 23.2 Å². The molecular weight excluding hydrogens is 241 g/mol. The first kappa shape index (κ1) is 12.2. The Morgan fingerprint density at radius 2 is 2.00 bits per heavy atom. The van der Waals surface area contributed by atoms with Crippen LogP contribution >= 0.6 is 23.2 Å². The summed E-state index contributed by atoms with van der Waals surface area (Å²) < 4.78 is 0. The second-order valence-corrected chi connectivity index (χ2v) is 6.06. The summed E-state index contributed by atoms with van der Waals surface area (Å²) in [5.41, 5.74) is 1.51. The summed E-state index contributed by atoms with van der Waals surface area (Å²) in [6.07, 6.45) is 1.23. The Morgan fingerprint density at radius 3 is 2.56 bits per heavy atom. The smallest absolute Gasteiger partial charge is 0.0639 e. The van der Waals surface area contributed by atoms with Crippen molar-refractivity contribution in [3.63, 3.8) is 0 Å². The summed E-state index contributed by atoms with van der Waals surface area (Å²) in [6, 6.07) is 6.64. The van der Waals surface area contributed by atoms with Crippen molar-refractivity contribution < 1.29 is 0 Å². The SMILES string of the molecule is CC(NC1CC1(C)C)c1cccc(Cl)c1Cl. The fourth-order valence-corrected chi connectivity index (χ4v) is 2.47. The topological polar surface area (TPSA) is 12.0 Å². The quantitative estimate of drug-likeness (QED) is 0.844. The second kappa shape index (κ2) is 4.21. The molecule has 1 N–H and O–H groups in total. The van der Waals surface area contributed by atoms with Crippen LogP contribution in [-0.4, -0.2) is 6.04 Å². The molecule has 0 aliphatic heterocycles. The van der Waals surface area contributed by atoms with E-state index in [1.54, 1.807) is 0 Å². The van der Waals surface area contributed by atoms with Gasteiger partial charge in [0.05, 0.1) is 10.0 Å². The van der Waals surface area contributed by atoms with Crippen LogP contribution in [0.25, 0.3) is 0 Å². The van der Waals surface area contributed by atoms with E-state index in [0.29, 0.717) is 21.5 Å². The molecule has 1 saturated carbocycles. The lowest BCUT2D eigenvalue weighted by Crippen LogP contribution is -2.24. The molecule has 16 heavy (non-hydrogen) atoms. The average Bonchev–Trinajstić information content (AvgIpc) is 2.78. The summed E-state index contributed by atoms with van der Waals surface area (Å²) in [4.78, 5) is 0. The third-order valence-electron chi connectivity index (χ3n) is 3.41. The van der Waals surface area contributed by atoms with Gasteiger partial charge in [0, 0.05) is 12.1 Å². The molecule has 1 aromatic carbocycles. The lowest BCUT2D eigenvalue weighted by atomic mass is 10.1. The summed E-state index contributed by atoms with van der Waals surface area (Å²) in [7, 11) is 0. The maximum Gasteiger partial charge on any atom is 0.0639 e. The predicted molar refractivity (Wildman–Crippen MR) is 70.2 cm³/mol. The first-order valence-electron chi connectivity index (χ1n) is 5.62. The molecule has 0 aromatic heterocycles. The molecule has 2 rings (SSSR count). The lowest BCUT2D eigenvalue weighted by Gasteiger charge is -2.17. The van der Waals surface area contributed by atoms with E-state index in [-0.39, 0.29) is 6.04 Å². The van der Waals surface area contributed by atoms with Crippen LogP contribution in [0.3, 0.4) is 0 Å². The highest BCUT2D eigenvalue weighted by atomic mass is 35.5. The van der Waals surface area contributed by atoms with Gasteiger partial charge in [-0.25, -0.2) is 0 Å². The molecule has 2 atom stereocenters. The van der Waals surface area contributed by atoms with Crippen LogP contribution in [-0.2, 0) is 0 Å². The van der Waals surface area contributed by atoms with Gasteiger partial charge in [-0.3, -0.25) is 0 Å². The summed E-state index contributed by atoms with van der Waals surface area (Å²) in [5.74, 6) is 0. The molecule has 1 aliphatic carbocycles. The fourth-order valence-electron chi connectivity index (χ4n) is 2.00. The van der Waals surface area contributed by atoms with Crippen LogP contribution in [0, 0.1) is 5.41 Å². The highest BCUT2D eigenvalue weighted by molar-refractivity contribution is 6.42. The summed E-state index contributed by atoms with van der Waals surface area (Å²) in [6.45, 7) is 6.68. The van der Waals surface area contributed by atoms with E-state index < -0.39 is 0 Å². The van der Waals surface area contributed by atoms with Gasteiger partial charge in [0.1, 0.15) is 0 Å². The zero-order valence-electron chi connectivity index (χ0n) is 9.85. The summed E-state index contributed by atoms with van der Waals surface area (Å²) >= 11 is 12.2. The van der Waals surface area contributed by atoms with Gasteiger partial charge in [0.25, 0.3) is 0 Å². The summed E-state index contributed by atoms with van der Waals surface area (Å²) in [5, 5.41) is 4.88. The van der Waals surface area contributed by atoms with Crippen molar-refractivity contribution in [2.24, 2.45) is 5.41 Å². The molecular formula is C13H17Cl2N. The van der Waals surface area contributed by atoms with Gasteiger partial charge in [0.2, 0.25) is 0 Å². The van der Waals surface area contributed by atoms with Crippen molar-refractivity contribution in [1.29, 1.82) is 0 Å². The van der Waals surface area contributed by atoms with Gasteiger partial charge >= 0.3 is 0 Å². The van der Waals surface area contributed by atoms with E-state index in [0.717, 1.165) is 5.56 Å². The fraction of sp³-hybridized carbons (Fsp3) is 0.538. The van der Waals surface area contributed by atoms with Gasteiger partial charge in [-0.05, 0) is 30.4 Å². The standard InChI is InChI=1S/C13H17Cl2N/c1-8(16-11-7-13(11,2)3)9-5-4-6-10(14)12(9)15/h4-6,8,11,16H,7H2,1-3H3. The van der Waals surface area contributed by atoms with Crippen LogP contribution < -0.4 is 5.32 Å². The number of hydrogen-bond donors (Lipinski definition) is 1. The number of rotatable bonds is 3. The predicted octanol–water partition coefficient (Wildman–Crippen LogP) is 4.44. The van der Waals surface area contributed by atoms with E-state index in [1.807, 2.05) is 18.2 Å². The van der Waals surface area contributed by atoms with Gasteiger partial charge < -0.3 is 5.32 Å². The van der Waals surface area contributed by atoms with Crippen LogP contribution in [0.2, 0.25) is 10.0 Å². The molecule has 0 saturated heterocycles. The molecule has 3 heteroatoms. The van der Waals surface area contributed by atoms with E-state index in [4.69, 9.17) is 23.2 Å². The minimum Gasteiger partial charge on any atom is -0.307 e. The normalized spacial score (nSPS) is 24.2. The van der Waals surface area contributed by atoms with Gasteiger partial charge in [-0.2, -0.15) is 0 Å². The molecule has 2 unspecified atom stereocenters. The Labute approximate surface area is 107 Å². The molecule has 1 aromatic rings. The third kappa shape index (κ3) is 2.37. The average molecular weight is 258 g/mol. The van der Waals surface area contributed by atoms with E-state index in [1.165, 1.54) is 6.42 Å². The zero-order valence-corrected chi connectivity index (χ0v) is 11.4. The number of hydrogen-bond acceptors (Lipinski definition) is 1. The van der Waals surface area contributed by atoms with Crippen molar-refractivity contribution in [3.8, 4) is 0 Å². The van der Waals surface area contributed by atoms with Crippen molar-refractivity contribution in [2.45, 2.75) is 39.3 Å². The van der Waals surface area contributed by atoms with Crippen LogP contribution in [0.4, 0.5) is 0 Å². The molecule has 0 spiro atoms. The minimum atomic E-state index is 0.248. The highest BCUT2D eigenvalue weighted by Gasteiger charge is 2.46. The Morgan fingerprint density at radius 1 is 1.38 bits per heavy atom. The molecule has 0 amide bonds. The maximum atomic E-state index is 6.19. The lowest BCUT2D eigenvalue weighted by molar-refractivity contribution is 0.492. The molecule has 0 bridgehead atoms. The zero-order chi connectivity index (χ0) is 11.9. The van der Waals surface area contributed by atoms with Crippen molar-refractivity contribution in [2.75, 3.05) is 0 Å². The van der Waals surface area contributed by atoms with E-state index >= 15 is 0 Å². The first-order chi connectivity index (χ1) is 7.42.